The fourth-order valence-electron chi connectivity index (χ4n) is 1.58. The molecule has 0 atom stereocenters. The van der Waals surface area contributed by atoms with Crippen molar-refractivity contribution < 1.29 is 19.4 Å². The summed E-state index contributed by atoms with van der Waals surface area (Å²) in [6.45, 7) is 0.357. The molecule has 2 fully saturated rings. The van der Waals surface area contributed by atoms with Crippen molar-refractivity contribution in [3.8, 4) is 0 Å². The van der Waals surface area contributed by atoms with Gasteiger partial charge in [0, 0.05) is 12.0 Å². The van der Waals surface area contributed by atoms with E-state index in [1.54, 1.807) is 0 Å². The van der Waals surface area contributed by atoms with Crippen LogP contribution in [0, 0.1) is 5.41 Å². The van der Waals surface area contributed by atoms with E-state index in [1.165, 1.54) is 4.90 Å². The predicted octanol–water partition coefficient (Wildman–Crippen LogP) is -0.856. The molecule has 1 N–H and O–H groups in total. The average molecular weight is 199 g/mol. The third-order valence-electron chi connectivity index (χ3n) is 2.84. The summed E-state index contributed by atoms with van der Waals surface area (Å²) >= 11 is 0. The summed E-state index contributed by atoms with van der Waals surface area (Å²) in [5.41, 5.74) is -0.206. The van der Waals surface area contributed by atoms with Gasteiger partial charge in [0.1, 0.15) is 13.2 Å². The molecule has 0 aromatic carbocycles. The molecule has 1 saturated carbocycles. The maximum atomic E-state index is 11.3. The Morgan fingerprint density at radius 2 is 1.86 bits per heavy atom. The quantitative estimate of drug-likeness (QED) is 0.601. The number of carbonyl (C=O) groups excluding carboxylic acids is 2. The molecular weight excluding hydrogens is 186 g/mol. The Morgan fingerprint density at radius 3 is 2.29 bits per heavy atom. The number of morpholine rings is 1. The Morgan fingerprint density at radius 1 is 1.29 bits per heavy atom. The molecule has 2 rings (SSSR count). The monoisotopic (exact) mass is 199 g/mol. The minimum absolute atomic E-state index is 0.0206. The highest BCUT2D eigenvalue weighted by molar-refractivity contribution is 5.98. The summed E-state index contributed by atoms with van der Waals surface area (Å²) in [5.74, 6) is -0.582. The molecule has 1 saturated heterocycles. The molecule has 0 spiro atoms. The zero-order chi connectivity index (χ0) is 10.2. The van der Waals surface area contributed by atoms with Gasteiger partial charge in [-0.15, -0.1) is 0 Å². The summed E-state index contributed by atoms with van der Waals surface area (Å²) in [7, 11) is 0. The van der Waals surface area contributed by atoms with Crippen LogP contribution < -0.4 is 0 Å². The Balaban J connectivity index is 2.01. The van der Waals surface area contributed by atoms with E-state index in [4.69, 9.17) is 9.84 Å². The van der Waals surface area contributed by atoms with Gasteiger partial charge in [-0.1, -0.05) is 0 Å². The minimum Gasteiger partial charge on any atom is -0.396 e. The van der Waals surface area contributed by atoms with Crippen LogP contribution in [0.25, 0.3) is 0 Å². The summed E-state index contributed by atoms with van der Waals surface area (Å²) in [4.78, 5) is 23.9. The van der Waals surface area contributed by atoms with Gasteiger partial charge >= 0.3 is 0 Å². The zero-order valence-corrected chi connectivity index (χ0v) is 7.86. The van der Waals surface area contributed by atoms with Crippen LogP contribution in [0.15, 0.2) is 0 Å². The molecule has 0 unspecified atom stereocenters. The van der Waals surface area contributed by atoms with Crippen LogP contribution in [0.5, 0.6) is 0 Å². The second-order valence-corrected chi connectivity index (χ2v) is 4.02. The van der Waals surface area contributed by atoms with Crippen molar-refractivity contribution in [3.63, 3.8) is 0 Å². The van der Waals surface area contributed by atoms with Gasteiger partial charge < -0.3 is 9.84 Å². The molecule has 5 heteroatoms. The molecule has 0 aromatic heterocycles. The maximum absolute atomic E-state index is 11.3. The molecule has 14 heavy (non-hydrogen) atoms. The normalized spacial score (nSPS) is 25.4. The van der Waals surface area contributed by atoms with E-state index in [9.17, 15) is 9.59 Å². The Bertz CT molecular complexity index is 256. The summed E-state index contributed by atoms with van der Waals surface area (Å²) in [6, 6.07) is 0. The van der Waals surface area contributed by atoms with E-state index in [0.29, 0.717) is 6.54 Å². The van der Waals surface area contributed by atoms with Gasteiger partial charge in [0.25, 0.3) is 11.8 Å². The van der Waals surface area contributed by atoms with Crippen LogP contribution in [0.3, 0.4) is 0 Å². The van der Waals surface area contributed by atoms with E-state index in [-0.39, 0.29) is 37.0 Å². The molecule has 1 aliphatic heterocycles. The van der Waals surface area contributed by atoms with E-state index in [2.05, 4.69) is 0 Å². The summed E-state index contributed by atoms with van der Waals surface area (Å²) in [5, 5.41) is 9.08. The highest BCUT2D eigenvalue weighted by atomic mass is 16.5. The van der Waals surface area contributed by atoms with Crippen LogP contribution in [0.1, 0.15) is 12.8 Å². The number of nitrogens with zero attached hydrogens (tertiary/aromatic N) is 1. The van der Waals surface area contributed by atoms with Crippen molar-refractivity contribution in [1.29, 1.82) is 0 Å². The minimum atomic E-state index is -0.291. The Labute approximate surface area is 81.6 Å². The number of ether oxygens (including phenoxy) is 1. The number of rotatable bonds is 3. The molecule has 0 aromatic rings. The van der Waals surface area contributed by atoms with Crippen molar-refractivity contribution in [1.82, 2.24) is 4.90 Å². The molecule has 1 heterocycles. The zero-order valence-electron chi connectivity index (χ0n) is 7.86. The molecule has 1 aliphatic carbocycles. The molecule has 78 valence electrons. The van der Waals surface area contributed by atoms with Gasteiger partial charge in [0.05, 0.1) is 6.61 Å². The number of hydrogen-bond donors (Lipinski definition) is 1. The highest BCUT2D eigenvalue weighted by Gasteiger charge is 2.46. The maximum Gasteiger partial charge on any atom is 0.255 e. The lowest BCUT2D eigenvalue weighted by Crippen LogP contribution is -2.49. The largest absolute Gasteiger partial charge is 0.396 e. The van der Waals surface area contributed by atoms with Crippen LogP contribution >= 0.6 is 0 Å². The van der Waals surface area contributed by atoms with Gasteiger partial charge in [-0.05, 0) is 12.8 Å². The van der Waals surface area contributed by atoms with Crippen molar-refractivity contribution >= 4 is 11.8 Å². The lowest BCUT2D eigenvalue weighted by Gasteiger charge is -2.28. The van der Waals surface area contributed by atoms with Gasteiger partial charge in [0.15, 0.2) is 0 Å². The number of carbonyl (C=O) groups is 2. The number of imide groups is 1. The van der Waals surface area contributed by atoms with E-state index in [1.807, 2.05) is 0 Å². The first-order valence-electron chi connectivity index (χ1n) is 4.69. The smallest absolute Gasteiger partial charge is 0.255 e. The van der Waals surface area contributed by atoms with Crippen LogP contribution in [-0.4, -0.2) is 48.2 Å². The first-order valence-corrected chi connectivity index (χ1v) is 4.69. The molecule has 2 aliphatic rings. The number of aliphatic hydroxyl groups is 1. The third-order valence-corrected chi connectivity index (χ3v) is 2.84. The van der Waals surface area contributed by atoms with Gasteiger partial charge in [-0.3, -0.25) is 14.5 Å². The standard InChI is InChI=1S/C9H13NO4/c11-6-9(1-2-9)5-10-7(12)3-14-4-8(10)13/h11H,1-6H2. The fraction of sp³-hybridized carbons (Fsp3) is 0.778. The van der Waals surface area contributed by atoms with Crippen molar-refractivity contribution in [2.45, 2.75) is 12.8 Å². The summed E-state index contributed by atoms with van der Waals surface area (Å²) < 4.78 is 4.79. The average Bonchev–Trinajstić information content (AvgIpc) is 2.93. The van der Waals surface area contributed by atoms with Crippen molar-refractivity contribution in [2.24, 2.45) is 5.41 Å². The predicted molar refractivity (Wildman–Crippen MR) is 46.3 cm³/mol. The van der Waals surface area contributed by atoms with Crippen LogP contribution in [0.4, 0.5) is 0 Å². The second-order valence-electron chi connectivity index (χ2n) is 4.02. The number of hydrogen-bond acceptors (Lipinski definition) is 4. The Kier molecular flexibility index (Phi) is 2.28. The first kappa shape index (κ1) is 9.61. The third kappa shape index (κ3) is 1.65. The van der Waals surface area contributed by atoms with Gasteiger partial charge in [0.2, 0.25) is 0 Å². The van der Waals surface area contributed by atoms with Gasteiger partial charge in [-0.25, -0.2) is 0 Å². The summed E-state index contributed by atoms with van der Waals surface area (Å²) in [6.07, 6.45) is 1.78. The van der Waals surface area contributed by atoms with E-state index in [0.717, 1.165) is 12.8 Å². The van der Waals surface area contributed by atoms with Crippen LogP contribution in [0.2, 0.25) is 0 Å². The SMILES string of the molecule is O=C1COCC(=O)N1CC1(CO)CC1. The number of amides is 2. The van der Waals surface area contributed by atoms with Crippen molar-refractivity contribution in [3.05, 3.63) is 0 Å². The highest BCUT2D eigenvalue weighted by Crippen LogP contribution is 2.45. The molecule has 0 radical (unpaired) electrons. The van der Waals surface area contributed by atoms with Crippen molar-refractivity contribution in [2.75, 3.05) is 26.4 Å². The van der Waals surface area contributed by atoms with E-state index < -0.39 is 0 Å². The Hall–Kier alpha value is -0.940. The van der Waals surface area contributed by atoms with Crippen LogP contribution in [-0.2, 0) is 14.3 Å². The fourth-order valence-corrected chi connectivity index (χ4v) is 1.58. The van der Waals surface area contributed by atoms with Gasteiger partial charge in [-0.2, -0.15) is 0 Å². The first-order chi connectivity index (χ1) is 6.67. The molecule has 0 bridgehead atoms. The molecule has 5 nitrogen and oxygen atoms in total. The second kappa shape index (κ2) is 3.33. The lowest BCUT2D eigenvalue weighted by atomic mass is 10.1. The topological polar surface area (TPSA) is 66.8 Å². The molecular formula is C9H13NO4. The number of aliphatic hydroxyl groups excluding tert-OH is 1. The van der Waals surface area contributed by atoms with E-state index >= 15 is 0 Å². The lowest BCUT2D eigenvalue weighted by molar-refractivity contribution is -0.159. The molecule has 2 amide bonds.